The van der Waals surface area contributed by atoms with Gasteiger partial charge >= 0.3 is 0 Å². The number of rotatable bonds is 4. The Bertz CT molecular complexity index is 586. The third-order valence-electron chi connectivity index (χ3n) is 2.60. The number of carbonyl (C=O) groups excluding carboxylic acids is 2. The summed E-state index contributed by atoms with van der Waals surface area (Å²) < 4.78 is 1.73. The van der Waals surface area contributed by atoms with Gasteiger partial charge in [-0.1, -0.05) is 18.2 Å². The molecule has 2 aromatic rings. The molecule has 0 aliphatic rings. The number of aliphatic hydroxyl groups excluding tert-OH is 1. The first-order chi connectivity index (χ1) is 8.15. The lowest BCUT2D eigenvalue weighted by Crippen LogP contribution is -2.22. The Morgan fingerprint density at radius 2 is 2.00 bits per heavy atom. The molecule has 17 heavy (non-hydrogen) atoms. The van der Waals surface area contributed by atoms with Crippen LogP contribution in [0.1, 0.15) is 10.4 Å². The molecule has 5 heteroatoms. The second kappa shape index (κ2) is 4.39. The highest BCUT2D eigenvalue weighted by Gasteiger charge is 2.18. The third kappa shape index (κ3) is 1.92. The fourth-order valence-corrected chi connectivity index (χ4v) is 1.85. The number of aliphatic hydroxyl groups is 1. The molecule has 2 rings (SSSR count). The van der Waals surface area contributed by atoms with E-state index in [4.69, 9.17) is 10.8 Å². The minimum Gasteiger partial charge on any atom is -0.395 e. The van der Waals surface area contributed by atoms with E-state index in [2.05, 4.69) is 0 Å². The molecule has 1 aromatic carbocycles. The SMILES string of the molecule is NC(=O)C(=O)c1cn(CCO)c2ccccc12. The second-order valence-electron chi connectivity index (χ2n) is 3.67. The van der Waals surface area contributed by atoms with E-state index in [9.17, 15) is 9.59 Å². The fraction of sp³-hybridized carbons (Fsp3) is 0.167. The molecule has 0 saturated heterocycles. The first kappa shape index (κ1) is 11.3. The molecule has 1 amide bonds. The van der Waals surface area contributed by atoms with Crippen molar-refractivity contribution in [1.29, 1.82) is 0 Å². The molecular formula is C12H12N2O3. The number of carbonyl (C=O) groups is 2. The van der Waals surface area contributed by atoms with Crippen molar-refractivity contribution < 1.29 is 14.7 Å². The van der Waals surface area contributed by atoms with Crippen LogP contribution in [0.2, 0.25) is 0 Å². The number of aromatic nitrogens is 1. The van der Waals surface area contributed by atoms with Gasteiger partial charge in [0.15, 0.2) is 0 Å². The molecule has 0 spiro atoms. The van der Waals surface area contributed by atoms with Gasteiger partial charge in [0, 0.05) is 23.6 Å². The maximum Gasteiger partial charge on any atom is 0.289 e. The predicted octanol–water partition coefficient (Wildman–Crippen LogP) is 0.302. The van der Waals surface area contributed by atoms with Gasteiger partial charge in [-0.15, -0.1) is 0 Å². The molecule has 0 unspecified atom stereocenters. The molecule has 0 aliphatic carbocycles. The van der Waals surface area contributed by atoms with Gasteiger partial charge in [-0.3, -0.25) is 9.59 Å². The van der Waals surface area contributed by atoms with Gasteiger partial charge < -0.3 is 15.4 Å². The van der Waals surface area contributed by atoms with E-state index in [1.54, 1.807) is 22.9 Å². The summed E-state index contributed by atoms with van der Waals surface area (Å²) >= 11 is 0. The molecule has 0 bridgehead atoms. The highest BCUT2D eigenvalue weighted by atomic mass is 16.3. The van der Waals surface area contributed by atoms with Crippen LogP contribution in [0.4, 0.5) is 0 Å². The second-order valence-corrected chi connectivity index (χ2v) is 3.67. The van der Waals surface area contributed by atoms with E-state index < -0.39 is 11.7 Å². The smallest absolute Gasteiger partial charge is 0.289 e. The van der Waals surface area contributed by atoms with Crippen molar-refractivity contribution >= 4 is 22.6 Å². The van der Waals surface area contributed by atoms with Crippen LogP contribution in [0, 0.1) is 0 Å². The van der Waals surface area contributed by atoms with Gasteiger partial charge in [0.1, 0.15) is 0 Å². The number of fused-ring (bicyclic) bond motifs is 1. The highest BCUT2D eigenvalue weighted by molar-refractivity contribution is 6.44. The van der Waals surface area contributed by atoms with Gasteiger partial charge in [-0.05, 0) is 6.07 Å². The molecule has 3 N–H and O–H groups in total. The number of hydrogen-bond acceptors (Lipinski definition) is 3. The lowest BCUT2D eigenvalue weighted by Gasteiger charge is -2.00. The topological polar surface area (TPSA) is 85.3 Å². The largest absolute Gasteiger partial charge is 0.395 e. The van der Waals surface area contributed by atoms with Crippen LogP contribution in [-0.2, 0) is 11.3 Å². The Hall–Kier alpha value is -2.14. The average Bonchev–Trinajstić information content (AvgIpc) is 2.68. The third-order valence-corrected chi connectivity index (χ3v) is 2.60. The van der Waals surface area contributed by atoms with Gasteiger partial charge in [0.2, 0.25) is 0 Å². The van der Waals surface area contributed by atoms with Crippen LogP contribution in [-0.4, -0.2) is 28.0 Å². The average molecular weight is 232 g/mol. The Morgan fingerprint density at radius 3 is 2.65 bits per heavy atom. The maximum atomic E-state index is 11.6. The van der Waals surface area contributed by atoms with Crippen LogP contribution in [0.25, 0.3) is 10.9 Å². The Labute approximate surface area is 97.4 Å². The number of ketones is 1. The van der Waals surface area contributed by atoms with Crippen molar-refractivity contribution in [2.24, 2.45) is 5.73 Å². The molecule has 0 saturated carbocycles. The number of para-hydroxylation sites is 1. The molecule has 88 valence electrons. The molecule has 5 nitrogen and oxygen atoms in total. The first-order valence-electron chi connectivity index (χ1n) is 5.18. The summed E-state index contributed by atoms with van der Waals surface area (Å²) in [5.41, 5.74) is 6.07. The van der Waals surface area contributed by atoms with E-state index in [0.717, 1.165) is 5.52 Å². The highest BCUT2D eigenvalue weighted by Crippen LogP contribution is 2.21. The molecule has 0 fully saturated rings. The first-order valence-corrected chi connectivity index (χ1v) is 5.18. The number of nitrogens with zero attached hydrogens (tertiary/aromatic N) is 1. The normalized spacial score (nSPS) is 10.6. The lowest BCUT2D eigenvalue weighted by molar-refractivity contribution is -0.114. The maximum absolute atomic E-state index is 11.6. The zero-order valence-electron chi connectivity index (χ0n) is 9.09. The van der Waals surface area contributed by atoms with Crippen molar-refractivity contribution in [2.45, 2.75) is 6.54 Å². The summed E-state index contributed by atoms with van der Waals surface area (Å²) in [6.07, 6.45) is 1.55. The van der Waals surface area contributed by atoms with E-state index in [1.165, 1.54) is 0 Å². The Balaban J connectivity index is 2.64. The summed E-state index contributed by atoms with van der Waals surface area (Å²) in [6.45, 7) is 0.329. The number of hydrogen-bond donors (Lipinski definition) is 2. The number of amides is 1. The van der Waals surface area contributed by atoms with Crippen LogP contribution in [0.15, 0.2) is 30.5 Å². The molecule has 1 aromatic heterocycles. The minimum atomic E-state index is -0.975. The standard InChI is InChI=1S/C12H12N2O3/c13-12(17)11(16)9-7-14(5-6-15)10-4-2-1-3-8(9)10/h1-4,7,15H,5-6H2,(H2,13,17). The van der Waals surface area contributed by atoms with Gasteiger partial charge in [0.05, 0.1) is 12.2 Å². The number of Topliss-reactive ketones (excluding diaryl/α,β-unsaturated/α-hetero) is 1. The molecular weight excluding hydrogens is 220 g/mol. The molecule has 0 radical (unpaired) electrons. The van der Waals surface area contributed by atoms with Crippen molar-refractivity contribution in [3.8, 4) is 0 Å². The minimum absolute atomic E-state index is 0.0388. The Kier molecular flexibility index (Phi) is 2.93. The van der Waals surface area contributed by atoms with Crippen molar-refractivity contribution in [2.75, 3.05) is 6.61 Å². The summed E-state index contributed by atoms with van der Waals surface area (Å²) in [5.74, 6) is -1.69. The zero-order chi connectivity index (χ0) is 12.4. The zero-order valence-corrected chi connectivity index (χ0v) is 9.09. The van der Waals surface area contributed by atoms with E-state index >= 15 is 0 Å². The van der Waals surface area contributed by atoms with E-state index in [1.807, 2.05) is 12.1 Å². The molecule has 1 heterocycles. The number of nitrogens with two attached hydrogens (primary N) is 1. The molecule has 0 aliphatic heterocycles. The Morgan fingerprint density at radius 1 is 1.29 bits per heavy atom. The summed E-state index contributed by atoms with van der Waals surface area (Å²) in [6, 6.07) is 7.18. The van der Waals surface area contributed by atoms with Gasteiger partial charge in [-0.25, -0.2) is 0 Å². The van der Waals surface area contributed by atoms with Crippen molar-refractivity contribution in [1.82, 2.24) is 4.57 Å². The number of primary amides is 1. The quantitative estimate of drug-likeness (QED) is 0.587. The van der Waals surface area contributed by atoms with Gasteiger partial charge in [0.25, 0.3) is 11.7 Å². The molecule has 0 atom stereocenters. The van der Waals surface area contributed by atoms with Gasteiger partial charge in [-0.2, -0.15) is 0 Å². The lowest BCUT2D eigenvalue weighted by atomic mass is 10.1. The predicted molar refractivity (Wildman–Crippen MR) is 62.5 cm³/mol. The van der Waals surface area contributed by atoms with E-state index in [0.29, 0.717) is 11.9 Å². The van der Waals surface area contributed by atoms with Crippen LogP contribution in [0.5, 0.6) is 0 Å². The fourth-order valence-electron chi connectivity index (χ4n) is 1.85. The monoisotopic (exact) mass is 232 g/mol. The van der Waals surface area contributed by atoms with Crippen LogP contribution >= 0.6 is 0 Å². The van der Waals surface area contributed by atoms with Crippen LogP contribution < -0.4 is 5.73 Å². The summed E-state index contributed by atoms with van der Waals surface area (Å²) in [4.78, 5) is 22.6. The van der Waals surface area contributed by atoms with Crippen molar-refractivity contribution in [3.63, 3.8) is 0 Å². The summed E-state index contributed by atoms with van der Waals surface area (Å²) in [7, 11) is 0. The van der Waals surface area contributed by atoms with Crippen LogP contribution in [0.3, 0.4) is 0 Å². The van der Waals surface area contributed by atoms with E-state index in [-0.39, 0.29) is 12.2 Å². The summed E-state index contributed by atoms with van der Waals surface area (Å²) in [5, 5.41) is 9.61. The van der Waals surface area contributed by atoms with Crippen molar-refractivity contribution in [3.05, 3.63) is 36.0 Å². The number of benzene rings is 1.